The number of nitrogens with one attached hydrogen (secondary N) is 1. The van der Waals surface area contributed by atoms with Crippen molar-refractivity contribution < 1.29 is 0 Å². The summed E-state index contributed by atoms with van der Waals surface area (Å²) < 4.78 is 0. The van der Waals surface area contributed by atoms with Gasteiger partial charge in [-0.05, 0) is 37.1 Å². The standard InChI is InChI=1S/C15H20N4.2ClH/c16-14-5-3-4-12(8-14)11-19-7-2-1-6-15(19)13-9-17-18-10-13;;/h3-5,8-10,15H,1-2,6-7,11,16H2,(H,17,18);2*1H. The predicted octanol–water partition coefficient (Wildman–Crippen LogP) is 3.56. The minimum Gasteiger partial charge on any atom is -0.399 e. The summed E-state index contributed by atoms with van der Waals surface area (Å²) in [6.45, 7) is 2.10. The van der Waals surface area contributed by atoms with Crippen LogP contribution in [0.25, 0.3) is 0 Å². The lowest BCUT2D eigenvalue weighted by atomic mass is 9.97. The highest BCUT2D eigenvalue weighted by molar-refractivity contribution is 5.85. The van der Waals surface area contributed by atoms with Gasteiger partial charge < -0.3 is 5.73 Å². The quantitative estimate of drug-likeness (QED) is 0.847. The van der Waals surface area contributed by atoms with E-state index < -0.39 is 0 Å². The molecule has 1 aliphatic rings. The first-order valence-corrected chi connectivity index (χ1v) is 6.90. The molecule has 0 saturated carbocycles. The number of aromatic amines is 1. The largest absolute Gasteiger partial charge is 0.399 e. The molecule has 1 unspecified atom stereocenters. The van der Waals surface area contributed by atoms with Crippen LogP contribution < -0.4 is 5.73 Å². The Labute approximate surface area is 137 Å². The Balaban J connectivity index is 0.00000110. The molecule has 2 heterocycles. The summed E-state index contributed by atoms with van der Waals surface area (Å²) >= 11 is 0. The smallest absolute Gasteiger partial charge is 0.0535 e. The molecule has 2 aromatic rings. The topological polar surface area (TPSA) is 57.9 Å². The molecule has 6 heteroatoms. The van der Waals surface area contributed by atoms with Crippen LogP contribution in [0.2, 0.25) is 0 Å². The third kappa shape index (κ3) is 4.37. The van der Waals surface area contributed by atoms with Gasteiger partial charge in [-0.1, -0.05) is 18.6 Å². The van der Waals surface area contributed by atoms with Crippen LogP contribution in [0.1, 0.15) is 36.4 Å². The Kier molecular flexibility index (Phi) is 7.02. The lowest BCUT2D eigenvalue weighted by molar-refractivity contribution is 0.140. The van der Waals surface area contributed by atoms with E-state index in [1.54, 1.807) is 0 Å². The molecule has 116 valence electrons. The maximum Gasteiger partial charge on any atom is 0.0535 e. The van der Waals surface area contributed by atoms with Crippen molar-refractivity contribution in [1.82, 2.24) is 15.1 Å². The highest BCUT2D eigenvalue weighted by atomic mass is 35.5. The number of hydrogen-bond donors (Lipinski definition) is 2. The Bertz CT molecular complexity index is 530. The van der Waals surface area contributed by atoms with Gasteiger partial charge in [0.15, 0.2) is 0 Å². The molecule has 0 amide bonds. The summed E-state index contributed by atoms with van der Waals surface area (Å²) in [5, 5.41) is 7.01. The molecular formula is C15H22Cl2N4. The minimum atomic E-state index is 0. The summed E-state index contributed by atoms with van der Waals surface area (Å²) in [5.74, 6) is 0. The number of nitrogen functional groups attached to an aromatic ring is 1. The fraction of sp³-hybridized carbons (Fsp3) is 0.400. The molecule has 3 N–H and O–H groups in total. The summed E-state index contributed by atoms with van der Waals surface area (Å²) in [6, 6.07) is 8.67. The molecule has 0 spiro atoms. The second kappa shape index (κ2) is 8.27. The van der Waals surface area contributed by atoms with E-state index in [-0.39, 0.29) is 24.8 Å². The van der Waals surface area contributed by atoms with Crippen molar-refractivity contribution in [3.63, 3.8) is 0 Å². The fourth-order valence-corrected chi connectivity index (χ4v) is 2.93. The lowest BCUT2D eigenvalue weighted by Gasteiger charge is -2.35. The maximum atomic E-state index is 5.86. The van der Waals surface area contributed by atoms with E-state index >= 15 is 0 Å². The number of hydrogen-bond acceptors (Lipinski definition) is 3. The number of aromatic nitrogens is 2. The van der Waals surface area contributed by atoms with Gasteiger partial charge in [-0.15, -0.1) is 24.8 Å². The molecule has 1 saturated heterocycles. The zero-order valence-electron chi connectivity index (χ0n) is 11.9. The molecule has 0 radical (unpaired) electrons. The van der Waals surface area contributed by atoms with Crippen molar-refractivity contribution in [2.75, 3.05) is 12.3 Å². The second-order valence-corrected chi connectivity index (χ2v) is 5.26. The normalized spacial score (nSPS) is 18.6. The summed E-state index contributed by atoms with van der Waals surface area (Å²) in [6.07, 6.45) is 7.74. The van der Waals surface area contributed by atoms with E-state index in [1.165, 1.54) is 30.4 Å². The minimum absolute atomic E-state index is 0. The van der Waals surface area contributed by atoms with Crippen LogP contribution in [0.15, 0.2) is 36.7 Å². The molecule has 21 heavy (non-hydrogen) atoms. The number of nitrogens with two attached hydrogens (primary N) is 1. The summed E-state index contributed by atoms with van der Waals surface area (Å²) in [7, 11) is 0. The molecule has 1 aromatic heterocycles. The van der Waals surface area contributed by atoms with E-state index in [9.17, 15) is 0 Å². The van der Waals surface area contributed by atoms with Crippen molar-refractivity contribution >= 4 is 30.5 Å². The van der Waals surface area contributed by atoms with Gasteiger partial charge in [0.25, 0.3) is 0 Å². The second-order valence-electron chi connectivity index (χ2n) is 5.26. The average molecular weight is 329 g/mol. The van der Waals surface area contributed by atoms with E-state index in [0.717, 1.165) is 18.8 Å². The van der Waals surface area contributed by atoms with Crippen LogP contribution >= 0.6 is 24.8 Å². The van der Waals surface area contributed by atoms with Crippen LogP contribution in [-0.2, 0) is 6.54 Å². The molecule has 1 atom stereocenters. The van der Waals surface area contributed by atoms with Gasteiger partial charge in [-0.25, -0.2) is 0 Å². The van der Waals surface area contributed by atoms with Gasteiger partial charge in [0.1, 0.15) is 0 Å². The van der Waals surface area contributed by atoms with Crippen LogP contribution in [0, 0.1) is 0 Å². The Morgan fingerprint density at radius 3 is 2.86 bits per heavy atom. The van der Waals surface area contributed by atoms with Crippen LogP contribution in [0.4, 0.5) is 5.69 Å². The van der Waals surface area contributed by atoms with Gasteiger partial charge in [0.2, 0.25) is 0 Å². The zero-order valence-corrected chi connectivity index (χ0v) is 13.5. The predicted molar refractivity (Wildman–Crippen MR) is 90.9 cm³/mol. The molecule has 1 aromatic carbocycles. The van der Waals surface area contributed by atoms with Gasteiger partial charge in [0.05, 0.1) is 6.20 Å². The van der Waals surface area contributed by atoms with Crippen molar-refractivity contribution in [3.8, 4) is 0 Å². The number of H-pyrrole nitrogens is 1. The van der Waals surface area contributed by atoms with E-state index in [0.29, 0.717) is 6.04 Å². The molecule has 1 fully saturated rings. The van der Waals surface area contributed by atoms with E-state index in [1.807, 2.05) is 24.5 Å². The number of likely N-dealkylation sites (tertiary alicyclic amines) is 1. The van der Waals surface area contributed by atoms with Crippen molar-refractivity contribution in [2.24, 2.45) is 0 Å². The van der Waals surface area contributed by atoms with Gasteiger partial charge in [-0.2, -0.15) is 5.10 Å². The number of piperidine rings is 1. The van der Waals surface area contributed by atoms with E-state index in [2.05, 4.69) is 27.2 Å². The molecule has 3 rings (SSSR count). The van der Waals surface area contributed by atoms with Crippen LogP contribution in [0.5, 0.6) is 0 Å². The zero-order chi connectivity index (χ0) is 13.1. The maximum absolute atomic E-state index is 5.86. The van der Waals surface area contributed by atoms with Gasteiger partial charge in [0, 0.05) is 30.0 Å². The van der Waals surface area contributed by atoms with Crippen molar-refractivity contribution in [2.45, 2.75) is 31.8 Å². The van der Waals surface area contributed by atoms with Crippen LogP contribution in [0.3, 0.4) is 0 Å². The third-order valence-electron chi connectivity index (χ3n) is 3.85. The summed E-state index contributed by atoms with van der Waals surface area (Å²) in [5.41, 5.74) is 9.28. The Hall–Kier alpha value is -1.23. The van der Waals surface area contributed by atoms with E-state index in [4.69, 9.17) is 5.73 Å². The number of halogens is 2. The molecule has 0 bridgehead atoms. The highest BCUT2D eigenvalue weighted by Gasteiger charge is 2.24. The molecular weight excluding hydrogens is 307 g/mol. The first kappa shape index (κ1) is 17.8. The number of nitrogens with zero attached hydrogens (tertiary/aromatic N) is 2. The number of anilines is 1. The Morgan fingerprint density at radius 2 is 2.14 bits per heavy atom. The number of benzene rings is 1. The SMILES string of the molecule is Cl.Cl.Nc1cccc(CN2CCCCC2c2cn[nH]c2)c1. The average Bonchev–Trinajstić information content (AvgIpc) is 2.93. The van der Waals surface area contributed by atoms with Crippen molar-refractivity contribution in [3.05, 3.63) is 47.8 Å². The third-order valence-corrected chi connectivity index (χ3v) is 3.85. The summed E-state index contributed by atoms with van der Waals surface area (Å²) in [4.78, 5) is 2.53. The monoisotopic (exact) mass is 328 g/mol. The first-order chi connectivity index (χ1) is 9.33. The van der Waals surface area contributed by atoms with Crippen molar-refractivity contribution in [1.29, 1.82) is 0 Å². The lowest BCUT2D eigenvalue weighted by Crippen LogP contribution is -2.32. The first-order valence-electron chi connectivity index (χ1n) is 6.90. The molecule has 0 aliphatic carbocycles. The van der Waals surface area contributed by atoms with Gasteiger partial charge >= 0.3 is 0 Å². The molecule has 1 aliphatic heterocycles. The van der Waals surface area contributed by atoms with Crippen LogP contribution in [-0.4, -0.2) is 21.6 Å². The Morgan fingerprint density at radius 1 is 1.29 bits per heavy atom. The molecule has 4 nitrogen and oxygen atoms in total. The number of rotatable bonds is 3. The van der Waals surface area contributed by atoms with Gasteiger partial charge in [-0.3, -0.25) is 10.00 Å². The highest BCUT2D eigenvalue weighted by Crippen LogP contribution is 2.31. The fourth-order valence-electron chi connectivity index (χ4n) is 2.93.